The number of nitrogens with zero attached hydrogens (tertiary/aromatic N) is 3. The molecule has 0 aliphatic carbocycles. The number of rotatable bonds is 6. The standard InChI is InChI=1S/C25H23ClN4O2S/c1-30-11-9-17(10-12-30)32-21-5-2-4-20-23(21)25(28-15-27-20)29-16-7-8-18(19(26)14-16)24(31)22-6-3-13-33-22/h2-8,13-15,17H,9-12H2,1H3,(H,27,28,29). The number of ether oxygens (including phenoxy) is 1. The minimum Gasteiger partial charge on any atom is -0.489 e. The maximum absolute atomic E-state index is 12.7. The molecule has 0 saturated carbocycles. The van der Waals surface area contributed by atoms with Crippen LogP contribution in [0.5, 0.6) is 5.75 Å². The molecule has 168 valence electrons. The van der Waals surface area contributed by atoms with E-state index in [4.69, 9.17) is 16.3 Å². The number of halogens is 1. The van der Waals surface area contributed by atoms with Crippen molar-refractivity contribution in [3.05, 3.63) is 75.7 Å². The summed E-state index contributed by atoms with van der Waals surface area (Å²) in [7, 11) is 2.13. The number of fused-ring (bicyclic) bond motifs is 1. The molecule has 2 aromatic heterocycles. The highest BCUT2D eigenvalue weighted by molar-refractivity contribution is 7.12. The predicted molar refractivity (Wildman–Crippen MR) is 133 cm³/mol. The van der Waals surface area contributed by atoms with Crippen LogP contribution in [-0.2, 0) is 0 Å². The number of carbonyl (C=O) groups excluding carboxylic acids is 1. The third-order valence-electron chi connectivity index (χ3n) is 5.81. The fourth-order valence-electron chi connectivity index (χ4n) is 4.01. The number of thiophene rings is 1. The number of hydrogen-bond donors (Lipinski definition) is 1. The minimum atomic E-state index is -0.0807. The molecular weight excluding hydrogens is 456 g/mol. The van der Waals surface area contributed by atoms with Gasteiger partial charge in [0.1, 0.15) is 24.0 Å². The van der Waals surface area contributed by atoms with Gasteiger partial charge >= 0.3 is 0 Å². The first-order chi connectivity index (χ1) is 16.1. The zero-order valence-electron chi connectivity index (χ0n) is 18.1. The average molecular weight is 479 g/mol. The van der Waals surface area contributed by atoms with E-state index in [1.54, 1.807) is 18.2 Å². The highest BCUT2D eigenvalue weighted by Crippen LogP contribution is 2.34. The lowest BCUT2D eigenvalue weighted by Crippen LogP contribution is -2.35. The molecule has 0 radical (unpaired) electrons. The molecule has 0 bridgehead atoms. The van der Waals surface area contributed by atoms with Crippen LogP contribution in [0.4, 0.5) is 11.5 Å². The van der Waals surface area contributed by atoms with Crippen molar-refractivity contribution in [3.63, 3.8) is 0 Å². The summed E-state index contributed by atoms with van der Waals surface area (Å²) in [4.78, 5) is 24.6. The second-order valence-corrected chi connectivity index (χ2v) is 9.47. The lowest BCUT2D eigenvalue weighted by Gasteiger charge is -2.29. The van der Waals surface area contributed by atoms with Gasteiger partial charge in [-0.1, -0.05) is 23.7 Å². The van der Waals surface area contributed by atoms with E-state index in [-0.39, 0.29) is 11.9 Å². The number of aromatic nitrogens is 2. The topological polar surface area (TPSA) is 67.3 Å². The number of likely N-dealkylation sites (tertiary alicyclic amines) is 1. The third kappa shape index (κ3) is 4.71. The molecule has 3 heterocycles. The van der Waals surface area contributed by atoms with Crippen LogP contribution in [-0.4, -0.2) is 46.9 Å². The Hall–Kier alpha value is -3.00. The van der Waals surface area contributed by atoms with Gasteiger partial charge in [0.15, 0.2) is 0 Å². The summed E-state index contributed by atoms with van der Waals surface area (Å²) in [5, 5.41) is 6.43. The van der Waals surface area contributed by atoms with Crippen molar-refractivity contribution >= 4 is 51.1 Å². The molecule has 1 saturated heterocycles. The van der Waals surface area contributed by atoms with Gasteiger partial charge in [-0.25, -0.2) is 9.97 Å². The third-order valence-corrected chi connectivity index (χ3v) is 6.99. The van der Waals surface area contributed by atoms with Crippen molar-refractivity contribution in [3.8, 4) is 5.75 Å². The van der Waals surface area contributed by atoms with Gasteiger partial charge in [0.2, 0.25) is 5.78 Å². The number of nitrogens with one attached hydrogen (secondary N) is 1. The van der Waals surface area contributed by atoms with Gasteiger partial charge < -0.3 is 15.0 Å². The second kappa shape index (κ2) is 9.47. The molecule has 33 heavy (non-hydrogen) atoms. The predicted octanol–water partition coefficient (Wildman–Crippen LogP) is 5.79. The van der Waals surface area contributed by atoms with E-state index in [1.807, 2.05) is 35.7 Å². The Morgan fingerprint density at radius 2 is 2.00 bits per heavy atom. The van der Waals surface area contributed by atoms with Crippen LogP contribution in [0.25, 0.3) is 10.9 Å². The first-order valence-corrected chi connectivity index (χ1v) is 12.1. The number of carbonyl (C=O) groups is 1. The lowest BCUT2D eigenvalue weighted by molar-refractivity contribution is 0.104. The van der Waals surface area contributed by atoms with Crippen LogP contribution < -0.4 is 10.1 Å². The number of anilines is 2. The SMILES string of the molecule is CN1CCC(Oc2cccc3ncnc(Nc4ccc(C(=O)c5cccs5)c(Cl)c4)c23)CC1. The van der Waals surface area contributed by atoms with E-state index in [0.717, 1.165) is 48.3 Å². The zero-order chi connectivity index (χ0) is 22.8. The fraction of sp³-hybridized carbons (Fsp3) is 0.240. The van der Waals surface area contributed by atoms with Crippen molar-refractivity contribution in [2.45, 2.75) is 18.9 Å². The Morgan fingerprint density at radius 3 is 2.76 bits per heavy atom. The van der Waals surface area contributed by atoms with E-state index in [1.165, 1.54) is 17.7 Å². The smallest absolute Gasteiger partial charge is 0.204 e. The number of benzene rings is 2. The van der Waals surface area contributed by atoms with Gasteiger partial charge in [0, 0.05) is 24.3 Å². The van der Waals surface area contributed by atoms with Gasteiger partial charge in [0.25, 0.3) is 0 Å². The Kier molecular flexibility index (Phi) is 6.26. The molecular formula is C25H23ClN4O2S. The molecule has 0 spiro atoms. The first-order valence-electron chi connectivity index (χ1n) is 10.8. The number of ketones is 1. The highest BCUT2D eigenvalue weighted by Gasteiger charge is 2.20. The van der Waals surface area contributed by atoms with Gasteiger partial charge in [-0.15, -0.1) is 11.3 Å². The van der Waals surface area contributed by atoms with Gasteiger partial charge in [-0.05, 0) is 61.7 Å². The summed E-state index contributed by atoms with van der Waals surface area (Å²) >= 11 is 7.88. The second-order valence-electron chi connectivity index (χ2n) is 8.12. The molecule has 1 N–H and O–H groups in total. The highest BCUT2D eigenvalue weighted by atomic mass is 35.5. The fourth-order valence-corrected chi connectivity index (χ4v) is 4.95. The molecule has 0 unspecified atom stereocenters. The van der Waals surface area contributed by atoms with Crippen LogP contribution >= 0.6 is 22.9 Å². The summed E-state index contributed by atoms with van der Waals surface area (Å²) in [6, 6.07) is 14.8. The average Bonchev–Trinajstić information content (AvgIpc) is 3.36. The quantitative estimate of drug-likeness (QED) is 0.354. The van der Waals surface area contributed by atoms with E-state index < -0.39 is 0 Å². The van der Waals surface area contributed by atoms with E-state index in [9.17, 15) is 4.79 Å². The van der Waals surface area contributed by atoms with Crippen molar-refractivity contribution < 1.29 is 9.53 Å². The summed E-state index contributed by atoms with van der Waals surface area (Å²) in [5.41, 5.74) is 2.01. The van der Waals surface area contributed by atoms with Gasteiger partial charge in [0.05, 0.1) is 20.8 Å². The van der Waals surface area contributed by atoms with Crippen LogP contribution in [0.1, 0.15) is 28.1 Å². The molecule has 6 nitrogen and oxygen atoms in total. The first kappa shape index (κ1) is 21.8. The monoisotopic (exact) mass is 478 g/mol. The zero-order valence-corrected chi connectivity index (χ0v) is 19.7. The molecule has 8 heteroatoms. The van der Waals surface area contributed by atoms with Crippen molar-refractivity contribution in [1.29, 1.82) is 0 Å². The molecule has 5 rings (SSSR count). The molecule has 1 aliphatic rings. The maximum atomic E-state index is 12.7. The van der Waals surface area contributed by atoms with Gasteiger partial charge in [-0.2, -0.15) is 0 Å². The van der Waals surface area contributed by atoms with Crippen molar-refractivity contribution in [2.75, 3.05) is 25.5 Å². The largest absolute Gasteiger partial charge is 0.489 e. The van der Waals surface area contributed by atoms with Crippen molar-refractivity contribution in [1.82, 2.24) is 14.9 Å². The Balaban J connectivity index is 1.43. The van der Waals surface area contributed by atoms with E-state index in [2.05, 4.69) is 27.2 Å². The molecule has 1 fully saturated rings. The summed E-state index contributed by atoms with van der Waals surface area (Å²) in [5.74, 6) is 1.32. The van der Waals surface area contributed by atoms with Crippen LogP contribution in [0, 0.1) is 0 Å². The molecule has 4 aromatic rings. The van der Waals surface area contributed by atoms with E-state index >= 15 is 0 Å². The maximum Gasteiger partial charge on any atom is 0.204 e. The molecule has 1 aliphatic heterocycles. The van der Waals surface area contributed by atoms with Crippen LogP contribution in [0.15, 0.2) is 60.2 Å². The molecule has 2 aromatic carbocycles. The van der Waals surface area contributed by atoms with Crippen molar-refractivity contribution in [2.24, 2.45) is 0 Å². The summed E-state index contributed by atoms with van der Waals surface area (Å²) in [6.45, 7) is 2.04. The number of hydrogen-bond acceptors (Lipinski definition) is 7. The molecule has 0 atom stereocenters. The Morgan fingerprint density at radius 1 is 1.15 bits per heavy atom. The number of piperidine rings is 1. The van der Waals surface area contributed by atoms with Gasteiger partial charge in [-0.3, -0.25) is 4.79 Å². The summed E-state index contributed by atoms with van der Waals surface area (Å²) < 4.78 is 6.39. The normalized spacial score (nSPS) is 15.0. The van der Waals surface area contributed by atoms with Crippen LogP contribution in [0.3, 0.4) is 0 Å². The van der Waals surface area contributed by atoms with Crippen LogP contribution in [0.2, 0.25) is 5.02 Å². The Labute approximate surface area is 201 Å². The minimum absolute atomic E-state index is 0.0807. The van der Waals surface area contributed by atoms with E-state index in [0.29, 0.717) is 21.3 Å². The lowest BCUT2D eigenvalue weighted by atomic mass is 10.1. The Bertz CT molecular complexity index is 1280. The molecule has 0 amide bonds. The summed E-state index contributed by atoms with van der Waals surface area (Å²) in [6.07, 6.45) is 3.66.